The van der Waals surface area contributed by atoms with Crippen molar-refractivity contribution in [2.75, 3.05) is 11.9 Å². The summed E-state index contributed by atoms with van der Waals surface area (Å²) in [4.78, 5) is 0. The Morgan fingerprint density at radius 1 is 1.33 bits per heavy atom. The first-order chi connectivity index (χ1) is 6.95. The third-order valence-electron chi connectivity index (χ3n) is 2.48. The van der Waals surface area contributed by atoms with Crippen LogP contribution in [0.15, 0.2) is 28.7 Å². The molecule has 84 valence electrons. The molecule has 0 aromatic heterocycles. The molecular weight excluding hydrogens is 252 g/mol. The van der Waals surface area contributed by atoms with E-state index in [0.717, 1.165) is 10.2 Å². The molecule has 0 fully saturated rings. The van der Waals surface area contributed by atoms with Crippen LogP contribution >= 0.6 is 15.9 Å². The Morgan fingerprint density at radius 2 is 1.93 bits per heavy atom. The van der Waals surface area contributed by atoms with Crippen molar-refractivity contribution in [3.63, 3.8) is 0 Å². The highest BCUT2D eigenvalue weighted by atomic mass is 79.9. The minimum absolute atomic E-state index is 0.157. The van der Waals surface area contributed by atoms with Gasteiger partial charge in [0.05, 0.1) is 0 Å². The third kappa shape index (κ3) is 3.50. The number of nitrogens with one attached hydrogen (secondary N) is 1. The summed E-state index contributed by atoms with van der Waals surface area (Å²) < 4.78 is 1.08. The van der Waals surface area contributed by atoms with Crippen LogP contribution in [-0.2, 0) is 0 Å². The summed E-state index contributed by atoms with van der Waals surface area (Å²) in [5.41, 5.74) is 7.04. The molecule has 0 bridgehead atoms. The first-order valence-electron chi connectivity index (χ1n) is 5.16. The van der Waals surface area contributed by atoms with Crippen LogP contribution in [0.1, 0.15) is 20.8 Å². The summed E-state index contributed by atoms with van der Waals surface area (Å²) in [5, 5.41) is 3.47. The van der Waals surface area contributed by atoms with Gasteiger partial charge >= 0.3 is 0 Å². The summed E-state index contributed by atoms with van der Waals surface area (Å²) in [6.45, 7) is 7.20. The number of rotatable bonds is 3. The smallest absolute Gasteiger partial charge is 0.0487 e. The molecule has 0 saturated heterocycles. The molecule has 0 aliphatic heterocycles. The van der Waals surface area contributed by atoms with E-state index in [4.69, 9.17) is 5.73 Å². The maximum atomic E-state index is 5.78. The van der Waals surface area contributed by atoms with Gasteiger partial charge in [-0.1, -0.05) is 32.9 Å². The van der Waals surface area contributed by atoms with Gasteiger partial charge in [0.1, 0.15) is 0 Å². The van der Waals surface area contributed by atoms with Crippen molar-refractivity contribution in [3.05, 3.63) is 28.7 Å². The van der Waals surface area contributed by atoms with Gasteiger partial charge in [-0.2, -0.15) is 0 Å². The lowest BCUT2D eigenvalue weighted by Gasteiger charge is -2.31. The highest BCUT2D eigenvalue weighted by Crippen LogP contribution is 2.27. The first-order valence-corrected chi connectivity index (χ1v) is 5.95. The van der Waals surface area contributed by atoms with Crippen molar-refractivity contribution < 1.29 is 0 Å². The number of para-hydroxylation sites is 1. The van der Waals surface area contributed by atoms with Crippen molar-refractivity contribution in [1.82, 2.24) is 0 Å². The van der Waals surface area contributed by atoms with E-state index in [2.05, 4.69) is 48.1 Å². The topological polar surface area (TPSA) is 38.0 Å². The molecule has 0 spiro atoms. The van der Waals surface area contributed by atoms with Crippen LogP contribution in [0.3, 0.4) is 0 Å². The Morgan fingerprint density at radius 3 is 2.40 bits per heavy atom. The average molecular weight is 271 g/mol. The van der Waals surface area contributed by atoms with Crippen LogP contribution in [0.4, 0.5) is 5.69 Å². The minimum atomic E-state index is 0.157. The molecule has 0 aliphatic carbocycles. The third-order valence-corrected chi connectivity index (χ3v) is 3.18. The Hall–Kier alpha value is -0.540. The number of hydrogen-bond donors (Lipinski definition) is 2. The molecule has 1 aromatic carbocycles. The van der Waals surface area contributed by atoms with Gasteiger partial charge in [0.15, 0.2) is 0 Å². The van der Waals surface area contributed by atoms with Gasteiger partial charge < -0.3 is 11.1 Å². The number of halogens is 1. The lowest BCUT2D eigenvalue weighted by Crippen LogP contribution is -2.40. The van der Waals surface area contributed by atoms with E-state index in [1.165, 1.54) is 0 Å². The minimum Gasteiger partial charge on any atom is -0.380 e. The predicted molar refractivity (Wildman–Crippen MR) is 70.1 cm³/mol. The molecule has 0 heterocycles. The van der Waals surface area contributed by atoms with E-state index in [0.29, 0.717) is 6.54 Å². The van der Waals surface area contributed by atoms with E-state index < -0.39 is 0 Å². The number of nitrogens with two attached hydrogens (primary N) is 1. The maximum absolute atomic E-state index is 5.78. The second-order valence-corrected chi connectivity index (χ2v) is 5.63. The van der Waals surface area contributed by atoms with Crippen LogP contribution in [0.5, 0.6) is 0 Å². The van der Waals surface area contributed by atoms with Crippen LogP contribution in [-0.4, -0.2) is 12.6 Å². The highest BCUT2D eigenvalue weighted by Gasteiger charge is 2.23. The van der Waals surface area contributed by atoms with Gasteiger partial charge in [0, 0.05) is 22.7 Å². The van der Waals surface area contributed by atoms with Gasteiger partial charge in [0.2, 0.25) is 0 Å². The number of benzene rings is 1. The van der Waals surface area contributed by atoms with Crippen LogP contribution in [0.2, 0.25) is 0 Å². The fourth-order valence-electron chi connectivity index (χ4n) is 1.39. The summed E-state index contributed by atoms with van der Waals surface area (Å²) in [6, 6.07) is 8.38. The molecule has 2 nitrogen and oxygen atoms in total. The van der Waals surface area contributed by atoms with Crippen molar-refractivity contribution in [1.29, 1.82) is 0 Å². The van der Waals surface area contributed by atoms with E-state index in [-0.39, 0.29) is 11.5 Å². The van der Waals surface area contributed by atoms with Gasteiger partial charge in [-0.25, -0.2) is 0 Å². The molecule has 0 saturated carbocycles. The van der Waals surface area contributed by atoms with Crippen LogP contribution in [0.25, 0.3) is 0 Å². The molecule has 3 N–H and O–H groups in total. The number of hydrogen-bond acceptors (Lipinski definition) is 2. The van der Waals surface area contributed by atoms with E-state index in [1.807, 2.05) is 18.2 Å². The van der Waals surface area contributed by atoms with E-state index >= 15 is 0 Å². The predicted octanol–water partition coefficient (Wildman–Crippen LogP) is 3.23. The molecule has 1 unspecified atom stereocenters. The zero-order chi connectivity index (χ0) is 11.5. The fraction of sp³-hybridized carbons (Fsp3) is 0.500. The zero-order valence-corrected chi connectivity index (χ0v) is 11.1. The first kappa shape index (κ1) is 12.5. The van der Waals surface area contributed by atoms with Gasteiger partial charge in [0.25, 0.3) is 0 Å². The molecule has 1 aromatic rings. The van der Waals surface area contributed by atoms with Crippen LogP contribution in [0, 0.1) is 5.41 Å². The molecule has 0 amide bonds. The van der Waals surface area contributed by atoms with Crippen molar-refractivity contribution in [2.24, 2.45) is 11.1 Å². The highest BCUT2D eigenvalue weighted by molar-refractivity contribution is 9.10. The monoisotopic (exact) mass is 270 g/mol. The van der Waals surface area contributed by atoms with Crippen molar-refractivity contribution in [2.45, 2.75) is 26.8 Å². The van der Waals surface area contributed by atoms with Gasteiger partial charge in [-0.15, -0.1) is 0 Å². The Bertz CT molecular complexity index is 318. The van der Waals surface area contributed by atoms with Gasteiger partial charge in [-0.05, 0) is 33.5 Å². The standard InChI is InChI=1S/C12H19BrN2/c1-12(2,3)11(8-14)15-10-7-5-4-6-9(10)13/h4-7,11,15H,8,14H2,1-3H3. The lowest BCUT2D eigenvalue weighted by molar-refractivity contribution is 0.346. The fourth-order valence-corrected chi connectivity index (χ4v) is 1.79. The molecule has 0 radical (unpaired) electrons. The Kier molecular flexibility index (Phi) is 4.17. The van der Waals surface area contributed by atoms with E-state index in [9.17, 15) is 0 Å². The van der Waals surface area contributed by atoms with Crippen LogP contribution < -0.4 is 11.1 Å². The second kappa shape index (κ2) is 4.99. The summed E-state index contributed by atoms with van der Waals surface area (Å²) in [6.07, 6.45) is 0. The normalized spacial score (nSPS) is 13.7. The largest absolute Gasteiger partial charge is 0.380 e. The average Bonchev–Trinajstić information content (AvgIpc) is 2.14. The molecule has 1 rings (SSSR count). The van der Waals surface area contributed by atoms with Crippen molar-refractivity contribution in [3.8, 4) is 0 Å². The molecule has 15 heavy (non-hydrogen) atoms. The van der Waals surface area contributed by atoms with Gasteiger partial charge in [-0.3, -0.25) is 0 Å². The summed E-state index contributed by atoms with van der Waals surface area (Å²) >= 11 is 3.52. The van der Waals surface area contributed by atoms with E-state index in [1.54, 1.807) is 0 Å². The Labute approximate surface area is 100 Å². The SMILES string of the molecule is CC(C)(C)C(CN)Nc1ccccc1Br. The lowest BCUT2D eigenvalue weighted by atomic mass is 9.86. The Balaban J connectivity index is 2.80. The number of anilines is 1. The molecule has 1 atom stereocenters. The van der Waals surface area contributed by atoms with Crippen molar-refractivity contribution >= 4 is 21.6 Å². The summed E-state index contributed by atoms with van der Waals surface area (Å²) in [7, 11) is 0. The second-order valence-electron chi connectivity index (χ2n) is 4.78. The zero-order valence-electron chi connectivity index (χ0n) is 9.55. The molecule has 0 aliphatic rings. The molecule has 3 heteroatoms. The summed E-state index contributed by atoms with van der Waals surface area (Å²) in [5.74, 6) is 0. The quantitative estimate of drug-likeness (QED) is 0.885. The maximum Gasteiger partial charge on any atom is 0.0487 e. The molecular formula is C12H19BrN2.